The molecule has 8 nitrogen and oxygen atoms in total. The quantitative estimate of drug-likeness (QED) is 0.327. The number of nitrogens with one attached hydrogen (secondary N) is 2. The minimum absolute atomic E-state index is 0.0443. The number of aliphatic carboxylic acids is 1. The number of hydrogen-bond acceptors (Lipinski definition) is 6. The summed E-state index contributed by atoms with van der Waals surface area (Å²) in [6.07, 6.45) is 1.98. The van der Waals surface area contributed by atoms with Gasteiger partial charge in [0.1, 0.15) is 6.04 Å². The van der Waals surface area contributed by atoms with Gasteiger partial charge in [0.25, 0.3) is 0 Å². The van der Waals surface area contributed by atoms with Gasteiger partial charge in [-0.3, -0.25) is 9.20 Å². The Hall–Kier alpha value is -3.37. The van der Waals surface area contributed by atoms with Crippen LogP contribution in [0.4, 0.5) is 0 Å². The minimum atomic E-state index is -1.07. The molecule has 3 heterocycles. The molecule has 0 spiro atoms. The predicted octanol–water partition coefficient (Wildman–Crippen LogP) is 3.33. The van der Waals surface area contributed by atoms with Gasteiger partial charge in [0, 0.05) is 23.5 Å². The van der Waals surface area contributed by atoms with Crippen LogP contribution in [0.1, 0.15) is 5.56 Å². The Morgan fingerprint density at radius 1 is 1.16 bits per heavy atom. The maximum atomic E-state index is 12.5. The summed E-state index contributed by atoms with van der Waals surface area (Å²) in [5.41, 5.74) is 2.76. The molecule has 0 unspecified atom stereocenters. The van der Waals surface area contributed by atoms with Crippen LogP contribution in [0.25, 0.3) is 26.1 Å². The Morgan fingerprint density at radius 3 is 2.84 bits per heavy atom. The topological polar surface area (TPSA) is 112 Å². The van der Waals surface area contributed by atoms with Gasteiger partial charge in [-0.15, -0.1) is 10.2 Å². The lowest BCUT2D eigenvalue weighted by molar-refractivity contribution is -0.141. The lowest BCUT2D eigenvalue weighted by Gasteiger charge is -2.14. The summed E-state index contributed by atoms with van der Waals surface area (Å²) in [7, 11) is 0. The summed E-state index contributed by atoms with van der Waals surface area (Å²) in [5.74, 6) is -1.39. The van der Waals surface area contributed by atoms with Gasteiger partial charge in [-0.05, 0) is 23.8 Å². The molecule has 0 fully saturated rings. The first-order chi connectivity index (χ1) is 15.1. The van der Waals surface area contributed by atoms with Crippen molar-refractivity contribution in [1.82, 2.24) is 24.9 Å². The number of carboxylic acids is 1. The molecule has 5 rings (SSSR count). The van der Waals surface area contributed by atoms with Gasteiger partial charge in [0.05, 0.1) is 16.0 Å². The van der Waals surface area contributed by atoms with Gasteiger partial charge >= 0.3 is 5.97 Å². The maximum Gasteiger partial charge on any atom is 0.326 e. The summed E-state index contributed by atoms with van der Waals surface area (Å²) in [6.45, 7) is 0. The lowest BCUT2D eigenvalue weighted by Crippen LogP contribution is -2.43. The highest BCUT2D eigenvalue weighted by atomic mass is 32.2. The number of rotatable bonds is 7. The molecule has 1 amide bonds. The second-order valence-corrected chi connectivity index (χ2v) is 8.93. The zero-order valence-corrected chi connectivity index (χ0v) is 17.7. The monoisotopic (exact) mass is 451 g/mol. The van der Waals surface area contributed by atoms with E-state index in [1.54, 1.807) is 6.20 Å². The highest BCUT2D eigenvalue weighted by Crippen LogP contribution is 2.29. The number of hydrogen-bond donors (Lipinski definition) is 3. The number of amides is 1. The van der Waals surface area contributed by atoms with Crippen LogP contribution < -0.4 is 5.32 Å². The summed E-state index contributed by atoms with van der Waals surface area (Å²) in [5, 5.41) is 22.2. The molecule has 10 heteroatoms. The number of carbonyl (C=O) groups is 2. The predicted molar refractivity (Wildman–Crippen MR) is 121 cm³/mol. The lowest BCUT2D eigenvalue weighted by atomic mass is 10.1. The molecule has 156 valence electrons. The first-order valence-electron chi connectivity index (χ1n) is 9.53. The molecule has 0 saturated heterocycles. The number of aromatic nitrogens is 4. The standard InChI is InChI=1S/C21H17N5O3S2/c27-18(11-30-20-24-25-21-26(20)16-7-3-4-8-17(16)31-21)23-15(19(28)29)9-12-10-22-14-6-2-1-5-13(12)14/h1-8,10,15,22H,9,11H2,(H,23,27)(H,28,29)/t15-/m0/s1. The summed E-state index contributed by atoms with van der Waals surface area (Å²) in [4.78, 5) is 28.2. The molecule has 0 aliphatic carbocycles. The van der Waals surface area contributed by atoms with Gasteiger partial charge in [-0.2, -0.15) is 0 Å². The number of para-hydroxylation sites is 2. The van der Waals surface area contributed by atoms with Gasteiger partial charge in [-0.1, -0.05) is 53.4 Å². The molecule has 0 bridgehead atoms. The molecule has 2 aromatic carbocycles. The molecule has 1 atom stereocenters. The number of fused-ring (bicyclic) bond motifs is 4. The van der Waals surface area contributed by atoms with E-state index in [-0.39, 0.29) is 18.1 Å². The van der Waals surface area contributed by atoms with Gasteiger partial charge in [0.2, 0.25) is 10.9 Å². The Labute approximate surface area is 184 Å². The molecule has 3 N–H and O–H groups in total. The van der Waals surface area contributed by atoms with E-state index < -0.39 is 12.0 Å². The second kappa shape index (κ2) is 8.05. The van der Waals surface area contributed by atoms with E-state index in [2.05, 4.69) is 20.5 Å². The van der Waals surface area contributed by atoms with Crippen molar-refractivity contribution < 1.29 is 14.7 Å². The van der Waals surface area contributed by atoms with Crippen molar-refractivity contribution in [2.45, 2.75) is 17.6 Å². The Balaban J connectivity index is 1.29. The molecular formula is C21H17N5O3S2. The van der Waals surface area contributed by atoms with Crippen LogP contribution in [0, 0.1) is 0 Å². The number of thioether (sulfide) groups is 1. The first-order valence-corrected chi connectivity index (χ1v) is 11.3. The van der Waals surface area contributed by atoms with Gasteiger partial charge < -0.3 is 15.4 Å². The maximum absolute atomic E-state index is 12.5. The normalized spacial score (nSPS) is 12.5. The zero-order chi connectivity index (χ0) is 21.4. The van der Waals surface area contributed by atoms with Crippen molar-refractivity contribution in [3.63, 3.8) is 0 Å². The molecular weight excluding hydrogens is 434 g/mol. The van der Waals surface area contributed by atoms with E-state index in [1.165, 1.54) is 23.1 Å². The van der Waals surface area contributed by atoms with Crippen molar-refractivity contribution in [3.05, 3.63) is 60.3 Å². The number of carbonyl (C=O) groups excluding carboxylic acids is 1. The molecule has 0 saturated carbocycles. The van der Waals surface area contributed by atoms with E-state index in [0.29, 0.717) is 5.16 Å². The number of benzene rings is 2. The molecule has 0 aliphatic heterocycles. The van der Waals surface area contributed by atoms with Crippen molar-refractivity contribution in [2.75, 3.05) is 5.75 Å². The Morgan fingerprint density at radius 2 is 1.97 bits per heavy atom. The molecule has 31 heavy (non-hydrogen) atoms. The largest absolute Gasteiger partial charge is 0.480 e. The Bertz CT molecular complexity index is 1420. The van der Waals surface area contributed by atoms with E-state index in [4.69, 9.17) is 0 Å². The van der Waals surface area contributed by atoms with Crippen LogP contribution in [-0.4, -0.2) is 48.4 Å². The van der Waals surface area contributed by atoms with Crippen LogP contribution in [0.5, 0.6) is 0 Å². The van der Waals surface area contributed by atoms with Crippen molar-refractivity contribution >= 4 is 61.1 Å². The fraction of sp³-hybridized carbons (Fsp3) is 0.143. The van der Waals surface area contributed by atoms with Crippen molar-refractivity contribution in [3.8, 4) is 0 Å². The van der Waals surface area contributed by atoms with E-state index >= 15 is 0 Å². The third-order valence-corrected chi connectivity index (χ3v) is 6.92. The SMILES string of the molecule is O=C(CSc1nnc2sc3ccccc3n12)N[C@@H](Cc1c[nH]c2ccccc12)C(=O)O. The molecule has 0 aliphatic rings. The molecule has 0 radical (unpaired) electrons. The van der Waals surface area contributed by atoms with E-state index in [1.807, 2.05) is 52.9 Å². The first kappa shape index (κ1) is 19.6. The fourth-order valence-corrected chi connectivity index (χ4v) is 5.31. The van der Waals surface area contributed by atoms with Gasteiger partial charge in [-0.25, -0.2) is 4.79 Å². The van der Waals surface area contributed by atoms with Crippen LogP contribution in [0.15, 0.2) is 59.9 Å². The smallest absolute Gasteiger partial charge is 0.326 e. The van der Waals surface area contributed by atoms with Crippen molar-refractivity contribution in [1.29, 1.82) is 0 Å². The third kappa shape index (κ3) is 3.75. The second-order valence-electron chi connectivity index (χ2n) is 6.98. The van der Waals surface area contributed by atoms with Crippen LogP contribution in [-0.2, 0) is 16.0 Å². The summed E-state index contributed by atoms with van der Waals surface area (Å²) >= 11 is 2.76. The number of nitrogens with zero attached hydrogens (tertiary/aromatic N) is 3. The average molecular weight is 452 g/mol. The number of carboxylic acid groups (broad SMARTS) is 1. The van der Waals surface area contributed by atoms with Crippen LogP contribution >= 0.6 is 23.1 Å². The third-order valence-electron chi connectivity index (χ3n) is 4.98. The molecule has 3 aromatic heterocycles. The zero-order valence-electron chi connectivity index (χ0n) is 16.1. The van der Waals surface area contributed by atoms with E-state index in [0.717, 1.165) is 31.6 Å². The minimum Gasteiger partial charge on any atom is -0.480 e. The average Bonchev–Trinajstić information content (AvgIpc) is 3.45. The van der Waals surface area contributed by atoms with E-state index in [9.17, 15) is 14.7 Å². The number of thiazole rings is 1. The Kier molecular flexibility index (Phi) is 5.08. The highest BCUT2D eigenvalue weighted by molar-refractivity contribution is 7.99. The number of aromatic amines is 1. The molecule has 5 aromatic rings. The fourth-order valence-electron chi connectivity index (χ4n) is 3.54. The van der Waals surface area contributed by atoms with Crippen molar-refractivity contribution in [2.24, 2.45) is 0 Å². The van der Waals surface area contributed by atoms with Crippen LogP contribution in [0.2, 0.25) is 0 Å². The van der Waals surface area contributed by atoms with Crippen LogP contribution in [0.3, 0.4) is 0 Å². The summed E-state index contributed by atoms with van der Waals surface area (Å²) < 4.78 is 3.00. The number of H-pyrrole nitrogens is 1. The highest BCUT2D eigenvalue weighted by Gasteiger charge is 2.22. The van der Waals surface area contributed by atoms with Gasteiger partial charge in [0.15, 0.2) is 5.16 Å². The summed E-state index contributed by atoms with van der Waals surface area (Å²) in [6, 6.07) is 14.5.